The zero-order chi connectivity index (χ0) is 19.2. The van der Waals surface area contributed by atoms with E-state index in [9.17, 15) is 4.79 Å². The maximum atomic E-state index is 11.2. The van der Waals surface area contributed by atoms with Crippen LogP contribution < -0.4 is 14.8 Å². The first-order chi connectivity index (χ1) is 13.0. The number of carbonyl (C=O) groups is 1. The van der Waals surface area contributed by atoms with Gasteiger partial charge in [-0.2, -0.15) is 0 Å². The fourth-order valence-electron chi connectivity index (χ4n) is 2.79. The monoisotopic (exact) mass is 367 g/mol. The minimum Gasteiger partial charge on any atom is -0.494 e. The molecule has 0 saturated carbocycles. The van der Waals surface area contributed by atoms with Crippen LogP contribution in [0.1, 0.15) is 44.6 Å². The quantitative estimate of drug-likeness (QED) is 0.609. The van der Waals surface area contributed by atoms with E-state index >= 15 is 0 Å². The zero-order valence-electron chi connectivity index (χ0n) is 16.0. The molecule has 2 aromatic carbocycles. The van der Waals surface area contributed by atoms with Crippen molar-refractivity contribution in [3.63, 3.8) is 0 Å². The van der Waals surface area contributed by atoms with Gasteiger partial charge < -0.3 is 19.2 Å². The number of hydrogen-bond donors (Lipinski definition) is 1. The molecule has 0 fully saturated rings. The number of carbonyl (C=O) groups excluding carboxylic acids is 1. The third kappa shape index (κ3) is 5.03. The largest absolute Gasteiger partial charge is 0.494 e. The van der Waals surface area contributed by atoms with E-state index in [4.69, 9.17) is 13.9 Å². The van der Waals surface area contributed by atoms with Gasteiger partial charge in [-0.1, -0.05) is 19.1 Å². The average Bonchev–Trinajstić information content (AvgIpc) is 3.08. The van der Waals surface area contributed by atoms with E-state index < -0.39 is 0 Å². The van der Waals surface area contributed by atoms with E-state index in [-0.39, 0.29) is 11.9 Å². The Morgan fingerprint density at radius 1 is 1.07 bits per heavy atom. The highest BCUT2D eigenvalue weighted by atomic mass is 16.5. The fourth-order valence-corrected chi connectivity index (χ4v) is 2.79. The first-order valence-electron chi connectivity index (χ1n) is 9.20. The van der Waals surface area contributed by atoms with Crippen molar-refractivity contribution in [1.29, 1.82) is 0 Å². The lowest BCUT2D eigenvalue weighted by molar-refractivity contribution is -0.119. The summed E-state index contributed by atoms with van der Waals surface area (Å²) in [6.07, 6.45) is 0.985. The lowest BCUT2D eigenvalue weighted by Crippen LogP contribution is -2.23. The van der Waals surface area contributed by atoms with Crippen LogP contribution in [0.5, 0.6) is 11.5 Å². The molecule has 1 atom stereocenters. The Morgan fingerprint density at radius 2 is 1.78 bits per heavy atom. The van der Waals surface area contributed by atoms with Gasteiger partial charge in [0.05, 0.1) is 12.6 Å². The molecule has 1 unspecified atom stereocenters. The smallest absolute Gasteiger partial charge is 0.217 e. The molecule has 0 radical (unpaired) electrons. The molecule has 1 heterocycles. The standard InChI is InChI=1S/C22H25NO4/c1-4-11-25-19-7-9-20(10-8-19)26-14-17-5-6-18-13-21(27-22(18)12-17)15(2)23-16(3)24/h5-10,12-13,15H,4,11,14H2,1-3H3,(H,23,24). The van der Waals surface area contributed by atoms with Gasteiger partial charge in [-0.25, -0.2) is 0 Å². The van der Waals surface area contributed by atoms with Gasteiger partial charge in [-0.15, -0.1) is 0 Å². The molecule has 0 aliphatic carbocycles. The van der Waals surface area contributed by atoms with Gasteiger partial charge in [0.25, 0.3) is 0 Å². The van der Waals surface area contributed by atoms with E-state index in [2.05, 4.69) is 12.2 Å². The fraction of sp³-hybridized carbons (Fsp3) is 0.318. The lowest BCUT2D eigenvalue weighted by Gasteiger charge is -2.08. The molecular weight excluding hydrogens is 342 g/mol. The molecule has 0 aliphatic heterocycles. The molecule has 5 nitrogen and oxygen atoms in total. The Morgan fingerprint density at radius 3 is 2.44 bits per heavy atom. The third-order valence-electron chi connectivity index (χ3n) is 4.15. The molecule has 0 bridgehead atoms. The minimum atomic E-state index is -0.164. The second-order valence-electron chi connectivity index (χ2n) is 6.55. The van der Waals surface area contributed by atoms with E-state index in [0.717, 1.165) is 40.2 Å². The first-order valence-corrected chi connectivity index (χ1v) is 9.20. The van der Waals surface area contributed by atoms with E-state index in [1.54, 1.807) is 0 Å². The van der Waals surface area contributed by atoms with Crippen molar-refractivity contribution in [2.24, 2.45) is 0 Å². The number of fused-ring (bicyclic) bond motifs is 1. The van der Waals surface area contributed by atoms with Crippen LogP contribution in [0.25, 0.3) is 11.0 Å². The highest BCUT2D eigenvalue weighted by Crippen LogP contribution is 2.26. The Kier molecular flexibility index (Phi) is 6.01. The van der Waals surface area contributed by atoms with Gasteiger partial charge in [-0.05, 0) is 55.3 Å². The molecule has 142 valence electrons. The predicted molar refractivity (Wildman–Crippen MR) is 105 cm³/mol. The van der Waals surface area contributed by atoms with Crippen LogP contribution >= 0.6 is 0 Å². The maximum Gasteiger partial charge on any atom is 0.217 e. The second kappa shape index (κ2) is 8.62. The topological polar surface area (TPSA) is 60.7 Å². The SMILES string of the molecule is CCCOc1ccc(OCc2ccc3cc(C(C)NC(C)=O)oc3c2)cc1. The van der Waals surface area contributed by atoms with Crippen LogP contribution in [0.15, 0.2) is 52.9 Å². The Hall–Kier alpha value is -2.95. The van der Waals surface area contributed by atoms with E-state index in [1.807, 2.05) is 55.5 Å². The molecule has 0 saturated heterocycles. The van der Waals surface area contributed by atoms with E-state index in [1.165, 1.54) is 6.92 Å². The predicted octanol–water partition coefficient (Wildman–Crippen LogP) is 5.00. The van der Waals surface area contributed by atoms with Gasteiger partial charge >= 0.3 is 0 Å². The maximum absolute atomic E-state index is 11.2. The number of rotatable bonds is 8. The number of nitrogens with one attached hydrogen (secondary N) is 1. The number of amides is 1. The average molecular weight is 367 g/mol. The Bertz CT molecular complexity index is 898. The summed E-state index contributed by atoms with van der Waals surface area (Å²) < 4.78 is 17.3. The summed E-state index contributed by atoms with van der Waals surface area (Å²) >= 11 is 0. The highest BCUT2D eigenvalue weighted by Gasteiger charge is 2.12. The summed E-state index contributed by atoms with van der Waals surface area (Å²) in [6, 6.07) is 15.4. The number of hydrogen-bond acceptors (Lipinski definition) is 4. The molecule has 27 heavy (non-hydrogen) atoms. The van der Waals surface area contributed by atoms with Crippen molar-refractivity contribution >= 4 is 16.9 Å². The molecular formula is C22H25NO4. The normalized spacial score (nSPS) is 12.0. The highest BCUT2D eigenvalue weighted by molar-refractivity contribution is 5.79. The van der Waals surface area contributed by atoms with Crippen LogP contribution in [0, 0.1) is 0 Å². The van der Waals surface area contributed by atoms with Crippen molar-refractivity contribution in [3.8, 4) is 11.5 Å². The molecule has 3 aromatic rings. The first kappa shape index (κ1) is 18.8. The molecule has 0 aliphatic rings. The summed E-state index contributed by atoms with van der Waals surface area (Å²) in [5, 5.41) is 3.83. The number of benzene rings is 2. The Balaban J connectivity index is 1.64. The van der Waals surface area contributed by atoms with Gasteiger partial charge in [0.15, 0.2) is 0 Å². The molecule has 1 aromatic heterocycles. The molecule has 3 rings (SSSR count). The van der Waals surface area contributed by atoms with Crippen molar-refractivity contribution in [2.45, 2.75) is 39.8 Å². The molecule has 1 N–H and O–H groups in total. The lowest BCUT2D eigenvalue weighted by atomic mass is 10.1. The van der Waals surface area contributed by atoms with Crippen LogP contribution in [-0.2, 0) is 11.4 Å². The van der Waals surface area contributed by atoms with Crippen LogP contribution in [0.3, 0.4) is 0 Å². The van der Waals surface area contributed by atoms with Gasteiger partial charge in [0.1, 0.15) is 29.4 Å². The summed E-state index contributed by atoms with van der Waals surface area (Å²) in [6.45, 7) is 6.64. The summed E-state index contributed by atoms with van der Waals surface area (Å²) in [4.78, 5) is 11.2. The molecule has 0 spiro atoms. The number of ether oxygens (including phenoxy) is 2. The van der Waals surface area contributed by atoms with Crippen molar-refractivity contribution in [3.05, 3.63) is 59.9 Å². The van der Waals surface area contributed by atoms with Gasteiger partial charge in [0.2, 0.25) is 5.91 Å². The molecule has 5 heteroatoms. The zero-order valence-corrected chi connectivity index (χ0v) is 16.0. The second-order valence-corrected chi connectivity index (χ2v) is 6.55. The van der Waals surface area contributed by atoms with Crippen LogP contribution in [0.4, 0.5) is 0 Å². The number of furan rings is 1. The van der Waals surface area contributed by atoms with E-state index in [0.29, 0.717) is 13.2 Å². The minimum absolute atomic E-state index is 0.0804. The summed E-state index contributed by atoms with van der Waals surface area (Å²) in [5.41, 5.74) is 1.80. The van der Waals surface area contributed by atoms with Crippen molar-refractivity contribution in [1.82, 2.24) is 5.32 Å². The van der Waals surface area contributed by atoms with Gasteiger partial charge in [0, 0.05) is 12.3 Å². The van der Waals surface area contributed by atoms with Crippen molar-refractivity contribution < 1.29 is 18.7 Å². The van der Waals surface area contributed by atoms with Crippen molar-refractivity contribution in [2.75, 3.05) is 6.61 Å². The molecule has 1 amide bonds. The summed E-state index contributed by atoms with van der Waals surface area (Å²) in [7, 11) is 0. The van der Waals surface area contributed by atoms with Crippen LogP contribution in [-0.4, -0.2) is 12.5 Å². The summed E-state index contributed by atoms with van der Waals surface area (Å²) in [5.74, 6) is 2.30. The Labute approximate surface area is 159 Å². The third-order valence-corrected chi connectivity index (χ3v) is 4.15. The van der Waals surface area contributed by atoms with Gasteiger partial charge in [-0.3, -0.25) is 4.79 Å². The van der Waals surface area contributed by atoms with Crippen LogP contribution in [0.2, 0.25) is 0 Å².